The lowest BCUT2D eigenvalue weighted by molar-refractivity contribution is 0.0696. The fraction of sp³-hybridized carbons (Fsp3) is 0.192. The van der Waals surface area contributed by atoms with Crippen LogP contribution in [0.5, 0.6) is 0 Å². The average Bonchev–Trinajstić information content (AvgIpc) is 3.11. The van der Waals surface area contributed by atoms with Gasteiger partial charge in [-0.2, -0.15) is 5.10 Å². The molecule has 0 aliphatic carbocycles. The molecule has 0 atom stereocenters. The number of carboxylic acid groups (broad SMARTS) is 1. The van der Waals surface area contributed by atoms with Crippen molar-refractivity contribution in [2.45, 2.75) is 20.4 Å². The number of aromatic nitrogens is 3. The first-order valence-corrected chi connectivity index (χ1v) is 11.2. The zero-order chi connectivity index (χ0) is 23.1. The van der Waals surface area contributed by atoms with Gasteiger partial charge >= 0.3 is 5.97 Å². The summed E-state index contributed by atoms with van der Waals surface area (Å²) in [5.41, 5.74) is 5.88. The molecule has 1 aliphatic heterocycles. The summed E-state index contributed by atoms with van der Waals surface area (Å²) in [5, 5.41) is 15.9. The first-order valence-electron chi connectivity index (χ1n) is 10.9. The minimum absolute atomic E-state index is 0.322. The number of nitrogens with zero attached hydrogens (tertiary/aromatic N) is 4. The van der Waals surface area contributed by atoms with Crippen LogP contribution in [0.4, 0.5) is 0 Å². The molecular weight excluding hydrogens is 436 g/mol. The lowest BCUT2D eigenvalue weighted by Gasteiger charge is -2.30. The van der Waals surface area contributed by atoms with Gasteiger partial charge in [-0.15, -0.1) is 0 Å². The third-order valence-electron chi connectivity index (χ3n) is 6.10. The van der Waals surface area contributed by atoms with Gasteiger partial charge in [0.25, 0.3) is 0 Å². The Morgan fingerprint density at radius 2 is 1.85 bits per heavy atom. The number of rotatable bonds is 4. The molecule has 2 aromatic carbocycles. The van der Waals surface area contributed by atoms with E-state index in [1.807, 2.05) is 67.6 Å². The van der Waals surface area contributed by atoms with Gasteiger partial charge in [0.15, 0.2) is 0 Å². The molecule has 4 aromatic rings. The summed E-state index contributed by atoms with van der Waals surface area (Å²) < 4.78 is 1.72. The summed E-state index contributed by atoms with van der Waals surface area (Å²) in [4.78, 5) is 19.4. The summed E-state index contributed by atoms with van der Waals surface area (Å²) >= 11 is 6.79. The van der Waals surface area contributed by atoms with Crippen LogP contribution in [0.3, 0.4) is 0 Å². The monoisotopic (exact) mass is 458 g/mol. The van der Waals surface area contributed by atoms with E-state index < -0.39 is 5.97 Å². The van der Waals surface area contributed by atoms with Crippen molar-refractivity contribution in [3.05, 3.63) is 87.8 Å². The molecule has 0 spiro atoms. The summed E-state index contributed by atoms with van der Waals surface area (Å²) in [6, 6.07) is 17.2. The van der Waals surface area contributed by atoms with E-state index in [1.54, 1.807) is 4.68 Å². The molecule has 0 unspecified atom stereocenters. The lowest BCUT2D eigenvalue weighted by atomic mass is 9.92. The van der Waals surface area contributed by atoms with Crippen molar-refractivity contribution in [3.63, 3.8) is 0 Å². The zero-order valence-corrected chi connectivity index (χ0v) is 19.2. The van der Waals surface area contributed by atoms with Crippen LogP contribution in [-0.4, -0.2) is 43.8 Å². The Bertz CT molecular complexity index is 1410. The van der Waals surface area contributed by atoms with Gasteiger partial charge in [0.1, 0.15) is 5.15 Å². The second kappa shape index (κ2) is 8.46. The summed E-state index contributed by atoms with van der Waals surface area (Å²) in [5.74, 6) is -0.937. The van der Waals surface area contributed by atoms with Gasteiger partial charge in [-0.1, -0.05) is 54.9 Å². The number of carboxylic acids is 1. The summed E-state index contributed by atoms with van der Waals surface area (Å²) in [6.07, 6.45) is 2.01. The number of aromatic carboxylic acids is 1. The maximum Gasteiger partial charge on any atom is 0.336 e. The molecule has 0 bridgehead atoms. The van der Waals surface area contributed by atoms with E-state index >= 15 is 0 Å². The molecule has 0 amide bonds. The number of hydrogen-bond acceptors (Lipinski definition) is 4. The Morgan fingerprint density at radius 3 is 2.58 bits per heavy atom. The quantitative estimate of drug-likeness (QED) is 0.440. The van der Waals surface area contributed by atoms with Crippen LogP contribution in [0.25, 0.3) is 28.2 Å². The fourth-order valence-electron chi connectivity index (χ4n) is 4.44. The average molecular weight is 459 g/mol. The summed E-state index contributed by atoms with van der Waals surface area (Å²) in [6.45, 7) is 5.98. The second-order valence-electron chi connectivity index (χ2n) is 8.15. The smallest absolute Gasteiger partial charge is 0.336 e. The fourth-order valence-corrected chi connectivity index (χ4v) is 4.76. The minimum atomic E-state index is -0.937. The van der Waals surface area contributed by atoms with Crippen molar-refractivity contribution in [3.8, 4) is 5.69 Å². The van der Waals surface area contributed by atoms with Crippen LogP contribution >= 0.6 is 11.6 Å². The highest BCUT2D eigenvalue weighted by molar-refractivity contribution is 6.31. The summed E-state index contributed by atoms with van der Waals surface area (Å²) in [7, 11) is 0. The highest BCUT2D eigenvalue weighted by Gasteiger charge is 2.28. The van der Waals surface area contributed by atoms with Gasteiger partial charge in [0.05, 0.1) is 28.2 Å². The van der Waals surface area contributed by atoms with Crippen LogP contribution in [0.15, 0.2) is 54.6 Å². The number of para-hydroxylation sites is 2. The molecular formula is C26H23ClN4O2. The van der Waals surface area contributed by atoms with Gasteiger partial charge in [-0.25, -0.2) is 14.5 Å². The molecule has 2 aromatic heterocycles. The maximum atomic E-state index is 12.3. The molecule has 0 saturated heterocycles. The SMILES string of the molecule is CCN1C/C(=C\c2c(C)nn(-c3ccccc3)c2Cl)c2nc3ccccc3c(C(=O)O)c2C1. The molecule has 5 rings (SSSR count). The van der Waals surface area contributed by atoms with Crippen LogP contribution in [0, 0.1) is 6.92 Å². The van der Waals surface area contributed by atoms with Crippen molar-refractivity contribution in [2.24, 2.45) is 0 Å². The van der Waals surface area contributed by atoms with E-state index in [-0.39, 0.29) is 0 Å². The number of likely N-dealkylation sites (N-methyl/N-ethyl adjacent to an activating group) is 1. The topological polar surface area (TPSA) is 71.2 Å². The number of halogens is 1. The number of pyridine rings is 1. The third kappa shape index (κ3) is 3.71. The van der Waals surface area contributed by atoms with Crippen LogP contribution < -0.4 is 0 Å². The Labute approximate surface area is 196 Å². The number of benzene rings is 2. The highest BCUT2D eigenvalue weighted by atomic mass is 35.5. The van der Waals surface area contributed by atoms with Gasteiger partial charge in [-0.05, 0) is 43.3 Å². The molecule has 0 saturated carbocycles. The molecule has 1 aliphatic rings. The number of aryl methyl sites for hydroxylation is 1. The Kier molecular flexibility index (Phi) is 5.48. The third-order valence-corrected chi connectivity index (χ3v) is 6.47. The Balaban J connectivity index is 1.73. The van der Waals surface area contributed by atoms with E-state index in [2.05, 4.69) is 16.9 Å². The van der Waals surface area contributed by atoms with Crippen molar-refractivity contribution in [1.82, 2.24) is 19.7 Å². The second-order valence-corrected chi connectivity index (χ2v) is 8.50. The molecule has 0 fully saturated rings. The predicted octanol–water partition coefficient (Wildman–Crippen LogP) is 5.46. The Hall–Kier alpha value is -3.48. The first kappa shape index (κ1) is 21.4. The van der Waals surface area contributed by atoms with Crippen molar-refractivity contribution < 1.29 is 9.90 Å². The van der Waals surface area contributed by atoms with Crippen LogP contribution in [0.1, 0.15) is 39.8 Å². The van der Waals surface area contributed by atoms with Crippen molar-refractivity contribution in [2.75, 3.05) is 13.1 Å². The normalized spacial score (nSPS) is 15.2. The molecule has 7 heteroatoms. The lowest BCUT2D eigenvalue weighted by Crippen LogP contribution is -2.31. The van der Waals surface area contributed by atoms with Crippen LogP contribution in [0.2, 0.25) is 5.15 Å². The van der Waals surface area contributed by atoms with E-state index in [0.29, 0.717) is 34.7 Å². The number of hydrogen-bond donors (Lipinski definition) is 1. The van der Waals surface area contributed by atoms with E-state index in [1.165, 1.54) is 0 Å². The minimum Gasteiger partial charge on any atom is -0.478 e. The van der Waals surface area contributed by atoms with Gasteiger partial charge in [0.2, 0.25) is 0 Å². The van der Waals surface area contributed by atoms with Crippen LogP contribution in [-0.2, 0) is 6.54 Å². The predicted molar refractivity (Wildman–Crippen MR) is 131 cm³/mol. The zero-order valence-electron chi connectivity index (χ0n) is 18.4. The molecule has 6 nitrogen and oxygen atoms in total. The van der Waals surface area contributed by atoms with Crippen molar-refractivity contribution >= 4 is 40.1 Å². The number of carbonyl (C=O) groups is 1. The van der Waals surface area contributed by atoms with Gasteiger partial charge < -0.3 is 5.11 Å². The Morgan fingerprint density at radius 1 is 1.12 bits per heavy atom. The van der Waals surface area contributed by atoms with Crippen molar-refractivity contribution in [1.29, 1.82) is 0 Å². The molecule has 33 heavy (non-hydrogen) atoms. The number of fused-ring (bicyclic) bond motifs is 2. The molecule has 3 heterocycles. The molecule has 166 valence electrons. The standard InChI is InChI=1S/C26H23ClN4O2/c1-3-30-14-17(13-20-16(2)29-31(25(20)27)18-9-5-4-6-10-18)24-21(15-30)23(26(32)33)19-11-7-8-12-22(19)28-24/h4-13H,3,14-15H2,1-2H3,(H,32,33)/b17-13+. The molecule has 1 N–H and O–H groups in total. The van der Waals surface area contributed by atoms with Gasteiger partial charge in [-0.3, -0.25) is 4.90 Å². The maximum absolute atomic E-state index is 12.3. The molecule has 0 radical (unpaired) electrons. The first-order chi connectivity index (χ1) is 16.0. The van der Waals surface area contributed by atoms with Gasteiger partial charge in [0, 0.05) is 29.6 Å². The highest BCUT2D eigenvalue weighted by Crippen LogP contribution is 2.35. The van der Waals surface area contributed by atoms with E-state index in [4.69, 9.17) is 16.6 Å². The van der Waals surface area contributed by atoms with E-state index in [0.717, 1.165) is 40.3 Å². The largest absolute Gasteiger partial charge is 0.478 e. The van der Waals surface area contributed by atoms with E-state index in [9.17, 15) is 9.90 Å².